The monoisotopic (exact) mass is 357 g/mol. The predicted octanol–water partition coefficient (Wildman–Crippen LogP) is 3.59. The zero-order valence-electron chi connectivity index (χ0n) is 14.3. The molecule has 1 aliphatic rings. The summed E-state index contributed by atoms with van der Waals surface area (Å²) in [5, 5.41) is 11.5. The molecule has 1 fully saturated rings. The molecule has 1 heterocycles. The smallest absolute Gasteiger partial charge is 0.195 e. The molecule has 0 unspecified atom stereocenters. The number of likely N-dealkylation sites (tertiary alicyclic amines) is 1. The highest BCUT2D eigenvalue weighted by Crippen LogP contribution is 2.29. The second-order valence-corrected chi connectivity index (χ2v) is 8.38. The van der Waals surface area contributed by atoms with Gasteiger partial charge < -0.3 is 10.2 Å². The van der Waals surface area contributed by atoms with Gasteiger partial charge in [0.2, 0.25) is 0 Å². The number of hydrogen-bond donors (Lipinski definition) is 2. The Morgan fingerprint density at radius 3 is 2.28 bits per heavy atom. The first-order valence-corrected chi connectivity index (χ1v) is 10.3. The van der Waals surface area contributed by atoms with Crippen molar-refractivity contribution in [3.8, 4) is 11.1 Å². The van der Waals surface area contributed by atoms with Crippen LogP contribution in [0.2, 0.25) is 0 Å². The molecule has 1 aliphatic heterocycles. The lowest BCUT2D eigenvalue weighted by Crippen LogP contribution is -2.39. The van der Waals surface area contributed by atoms with Crippen LogP contribution in [0.4, 0.5) is 5.69 Å². The summed E-state index contributed by atoms with van der Waals surface area (Å²) >= 11 is 0. The van der Waals surface area contributed by atoms with Crippen LogP contribution in [0.15, 0.2) is 53.4 Å². The molecule has 0 spiro atoms. The number of anilines is 1. The molecular weight excluding hydrogens is 334 g/mol. The van der Waals surface area contributed by atoms with Crippen molar-refractivity contribution in [2.24, 2.45) is 0 Å². The number of para-hydroxylation sites is 1. The second kappa shape index (κ2) is 7.27. The van der Waals surface area contributed by atoms with Crippen molar-refractivity contribution in [3.63, 3.8) is 0 Å². The number of hydrogen-bond acceptors (Lipinski definition) is 3. The van der Waals surface area contributed by atoms with E-state index in [9.17, 15) is 8.42 Å². The molecule has 0 aliphatic carbocycles. The maximum atomic E-state index is 11.6. The Morgan fingerprint density at radius 2 is 1.64 bits per heavy atom. The highest BCUT2D eigenvalue weighted by molar-refractivity contribution is 7.90. The fraction of sp³-hybridized carbons (Fsp3) is 0.316. The third-order valence-corrected chi connectivity index (χ3v) is 5.57. The normalized spacial score (nSPS) is 15.0. The molecule has 2 N–H and O–H groups in total. The summed E-state index contributed by atoms with van der Waals surface area (Å²) in [6.45, 7) is 1.83. The SMILES string of the molecule is CS(=O)(=O)c1ccc(-c2ccccc2NC(=N)N2CCCCC2)cc1. The number of guanidine groups is 1. The van der Waals surface area contributed by atoms with E-state index in [-0.39, 0.29) is 0 Å². The second-order valence-electron chi connectivity index (χ2n) is 6.36. The van der Waals surface area contributed by atoms with E-state index >= 15 is 0 Å². The first-order chi connectivity index (χ1) is 11.9. The number of piperidine rings is 1. The van der Waals surface area contributed by atoms with Gasteiger partial charge >= 0.3 is 0 Å². The van der Waals surface area contributed by atoms with Gasteiger partial charge in [-0.15, -0.1) is 0 Å². The summed E-state index contributed by atoms with van der Waals surface area (Å²) in [6, 6.07) is 14.6. The molecule has 5 nitrogen and oxygen atoms in total. The van der Waals surface area contributed by atoms with Gasteiger partial charge in [0.05, 0.1) is 4.90 Å². The Balaban J connectivity index is 1.84. The zero-order valence-corrected chi connectivity index (χ0v) is 15.1. The molecule has 6 heteroatoms. The minimum absolute atomic E-state index is 0.308. The Kier molecular flexibility index (Phi) is 5.08. The average molecular weight is 357 g/mol. The fourth-order valence-corrected chi connectivity index (χ4v) is 3.68. The number of benzene rings is 2. The van der Waals surface area contributed by atoms with Crippen LogP contribution in [0.3, 0.4) is 0 Å². The van der Waals surface area contributed by atoms with Crippen LogP contribution in [-0.4, -0.2) is 38.6 Å². The van der Waals surface area contributed by atoms with Gasteiger partial charge in [0.25, 0.3) is 0 Å². The molecule has 0 saturated carbocycles. The number of nitrogens with zero attached hydrogens (tertiary/aromatic N) is 1. The van der Waals surface area contributed by atoms with E-state index in [2.05, 4.69) is 10.2 Å². The lowest BCUT2D eigenvalue weighted by Gasteiger charge is -2.29. The van der Waals surface area contributed by atoms with E-state index < -0.39 is 9.84 Å². The average Bonchev–Trinajstić information content (AvgIpc) is 2.62. The molecule has 0 amide bonds. The lowest BCUT2D eigenvalue weighted by atomic mass is 10.0. The van der Waals surface area contributed by atoms with Gasteiger partial charge in [-0.2, -0.15) is 0 Å². The van der Waals surface area contributed by atoms with E-state index in [4.69, 9.17) is 5.41 Å². The Morgan fingerprint density at radius 1 is 1.00 bits per heavy atom. The summed E-state index contributed by atoms with van der Waals surface area (Å²) in [7, 11) is -3.20. The maximum Gasteiger partial charge on any atom is 0.195 e. The van der Waals surface area contributed by atoms with Crippen molar-refractivity contribution in [2.75, 3.05) is 24.7 Å². The van der Waals surface area contributed by atoms with Crippen LogP contribution >= 0.6 is 0 Å². The van der Waals surface area contributed by atoms with Gasteiger partial charge in [-0.25, -0.2) is 8.42 Å². The van der Waals surface area contributed by atoms with Crippen LogP contribution in [0.1, 0.15) is 19.3 Å². The molecule has 0 aromatic heterocycles. The van der Waals surface area contributed by atoms with Crippen molar-refractivity contribution >= 4 is 21.5 Å². The van der Waals surface area contributed by atoms with Crippen LogP contribution in [0.25, 0.3) is 11.1 Å². The fourth-order valence-electron chi connectivity index (χ4n) is 3.05. The number of nitrogens with one attached hydrogen (secondary N) is 2. The van der Waals surface area contributed by atoms with Crippen molar-refractivity contribution < 1.29 is 8.42 Å². The first-order valence-electron chi connectivity index (χ1n) is 8.45. The van der Waals surface area contributed by atoms with E-state index in [0.29, 0.717) is 10.9 Å². The summed E-state index contributed by atoms with van der Waals surface area (Å²) in [5.41, 5.74) is 2.72. The standard InChI is InChI=1S/C19H23N3O2S/c1-25(23,24)16-11-9-15(10-12-16)17-7-3-4-8-18(17)21-19(20)22-13-5-2-6-14-22/h3-4,7-12H,2,5-6,13-14H2,1H3,(H2,20,21). The van der Waals surface area contributed by atoms with E-state index in [1.54, 1.807) is 24.3 Å². The van der Waals surface area contributed by atoms with Crippen LogP contribution < -0.4 is 5.32 Å². The van der Waals surface area contributed by atoms with Gasteiger partial charge in [-0.3, -0.25) is 5.41 Å². The highest BCUT2D eigenvalue weighted by atomic mass is 32.2. The topological polar surface area (TPSA) is 73.3 Å². The van der Waals surface area contributed by atoms with Crippen LogP contribution in [-0.2, 0) is 9.84 Å². The minimum Gasteiger partial charge on any atom is -0.343 e. The zero-order chi connectivity index (χ0) is 17.9. The maximum absolute atomic E-state index is 11.6. The third kappa shape index (κ3) is 4.20. The molecule has 132 valence electrons. The Hall–Kier alpha value is -2.34. The number of sulfone groups is 1. The van der Waals surface area contributed by atoms with Crippen molar-refractivity contribution in [2.45, 2.75) is 24.2 Å². The van der Waals surface area contributed by atoms with E-state index in [1.807, 2.05) is 24.3 Å². The molecule has 3 rings (SSSR count). The molecule has 0 bridgehead atoms. The molecule has 2 aromatic rings. The van der Waals surface area contributed by atoms with Crippen molar-refractivity contribution in [3.05, 3.63) is 48.5 Å². The molecule has 1 saturated heterocycles. The first kappa shape index (κ1) is 17.5. The molecule has 25 heavy (non-hydrogen) atoms. The Labute approximate surface area is 149 Å². The van der Waals surface area contributed by atoms with Gasteiger partial charge in [0.1, 0.15) is 0 Å². The largest absolute Gasteiger partial charge is 0.343 e. The van der Waals surface area contributed by atoms with Gasteiger partial charge in [0.15, 0.2) is 15.8 Å². The third-order valence-electron chi connectivity index (χ3n) is 4.45. The van der Waals surface area contributed by atoms with Crippen molar-refractivity contribution in [1.82, 2.24) is 4.90 Å². The minimum atomic E-state index is -3.20. The van der Waals surface area contributed by atoms with Gasteiger partial charge in [-0.1, -0.05) is 30.3 Å². The Bertz CT molecular complexity index is 854. The quantitative estimate of drug-likeness (QED) is 0.650. The summed E-state index contributed by atoms with van der Waals surface area (Å²) in [5.74, 6) is 0.417. The van der Waals surface area contributed by atoms with Crippen LogP contribution in [0, 0.1) is 5.41 Å². The van der Waals surface area contributed by atoms with E-state index in [1.165, 1.54) is 12.7 Å². The van der Waals surface area contributed by atoms with Crippen molar-refractivity contribution in [1.29, 1.82) is 5.41 Å². The lowest BCUT2D eigenvalue weighted by molar-refractivity contribution is 0.340. The van der Waals surface area contributed by atoms with Gasteiger partial charge in [-0.05, 0) is 43.0 Å². The summed E-state index contributed by atoms with van der Waals surface area (Å²) < 4.78 is 23.2. The molecule has 0 atom stereocenters. The van der Waals surface area contributed by atoms with Crippen LogP contribution in [0.5, 0.6) is 0 Å². The molecule has 2 aromatic carbocycles. The number of rotatable bonds is 3. The predicted molar refractivity (Wildman–Crippen MR) is 102 cm³/mol. The van der Waals surface area contributed by atoms with E-state index in [0.717, 1.165) is 42.7 Å². The highest BCUT2D eigenvalue weighted by Gasteiger charge is 2.15. The summed E-state index contributed by atoms with van der Waals surface area (Å²) in [6.07, 6.45) is 4.68. The molecule has 0 radical (unpaired) electrons. The summed E-state index contributed by atoms with van der Waals surface area (Å²) in [4.78, 5) is 2.37. The molecular formula is C19H23N3O2S. The van der Waals surface area contributed by atoms with Gasteiger partial charge in [0, 0.05) is 30.6 Å².